The topological polar surface area (TPSA) is 95.9 Å². The molecular weight excluding hydrogens is 544 g/mol. The van der Waals surface area contributed by atoms with Crippen molar-refractivity contribution in [1.82, 2.24) is 25.2 Å². The number of hydrogen-bond donors (Lipinski definition) is 2. The summed E-state index contributed by atoms with van der Waals surface area (Å²) in [6, 6.07) is 3.51. The molecule has 2 N–H and O–H groups in total. The van der Waals surface area contributed by atoms with Crippen LogP contribution in [0.2, 0.25) is 0 Å². The van der Waals surface area contributed by atoms with Crippen LogP contribution in [0.1, 0.15) is 38.5 Å². The van der Waals surface area contributed by atoms with Crippen LogP contribution in [0.3, 0.4) is 0 Å². The zero-order valence-electron chi connectivity index (χ0n) is 22.3. The number of phenols is 1. The van der Waals surface area contributed by atoms with Crippen molar-refractivity contribution in [3.05, 3.63) is 30.2 Å². The Morgan fingerprint density at radius 2 is 1.80 bits per heavy atom. The van der Waals surface area contributed by atoms with Gasteiger partial charge in [0.05, 0.1) is 10.9 Å². The van der Waals surface area contributed by atoms with E-state index < -0.39 is 23.6 Å². The summed E-state index contributed by atoms with van der Waals surface area (Å²) in [7, 11) is 0. The molecule has 4 aliphatic rings. The third-order valence-corrected chi connectivity index (χ3v) is 8.88. The average Bonchev–Trinajstić information content (AvgIpc) is 3.61. The van der Waals surface area contributed by atoms with E-state index in [1.165, 1.54) is 6.20 Å². The van der Waals surface area contributed by atoms with Crippen LogP contribution in [0.4, 0.5) is 23.4 Å². The molecule has 41 heavy (non-hydrogen) atoms. The standard InChI is InChI=1S/C28H30F4N6O3/c29-22-23(19-11-18(39)5-6-21(19)41-28(30,31)32)33-12-20-24(22)35-26(40-15-27-7-1-9-38(27)10-2-8-27)36-25(20)37-13-16-3-4-17(14-37)34-16/h5-6,11-12,16-17,34,39H,1-4,7-10,13-15H2/t16-,17+. The van der Waals surface area contributed by atoms with Crippen molar-refractivity contribution in [2.45, 2.75) is 62.5 Å². The fraction of sp³-hybridized carbons (Fsp3) is 0.536. The van der Waals surface area contributed by atoms with Crippen molar-refractivity contribution in [1.29, 1.82) is 0 Å². The average molecular weight is 575 g/mol. The lowest BCUT2D eigenvalue weighted by Gasteiger charge is -2.34. The van der Waals surface area contributed by atoms with Crippen LogP contribution in [-0.4, -0.2) is 81.7 Å². The summed E-state index contributed by atoms with van der Waals surface area (Å²) in [6.45, 7) is 3.75. The number of anilines is 1. The number of aromatic hydroxyl groups is 1. The first-order valence-electron chi connectivity index (χ1n) is 14.0. The van der Waals surface area contributed by atoms with Gasteiger partial charge < -0.3 is 24.8 Å². The van der Waals surface area contributed by atoms with E-state index in [4.69, 9.17) is 9.72 Å². The largest absolute Gasteiger partial charge is 0.573 e. The number of nitrogens with one attached hydrogen (secondary N) is 1. The van der Waals surface area contributed by atoms with E-state index in [1.807, 2.05) is 0 Å². The minimum absolute atomic E-state index is 0.0187. The van der Waals surface area contributed by atoms with Crippen molar-refractivity contribution in [2.75, 3.05) is 37.7 Å². The van der Waals surface area contributed by atoms with Gasteiger partial charge in [-0.3, -0.25) is 9.88 Å². The van der Waals surface area contributed by atoms with Crippen LogP contribution in [0, 0.1) is 5.82 Å². The van der Waals surface area contributed by atoms with Gasteiger partial charge in [0.25, 0.3) is 0 Å². The van der Waals surface area contributed by atoms with Crippen LogP contribution in [0.25, 0.3) is 22.2 Å². The van der Waals surface area contributed by atoms with Crippen molar-refractivity contribution >= 4 is 16.7 Å². The summed E-state index contributed by atoms with van der Waals surface area (Å²) in [5.74, 6) is -1.52. The number of halogens is 4. The summed E-state index contributed by atoms with van der Waals surface area (Å²) in [5, 5.41) is 13.9. The zero-order valence-corrected chi connectivity index (χ0v) is 22.3. The predicted molar refractivity (Wildman–Crippen MR) is 142 cm³/mol. The van der Waals surface area contributed by atoms with E-state index in [0.717, 1.165) is 69.8 Å². The minimum atomic E-state index is -5.02. The molecule has 0 amide bonds. The van der Waals surface area contributed by atoms with E-state index in [1.54, 1.807) is 0 Å². The lowest BCUT2D eigenvalue weighted by molar-refractivity contribution is -0.274. The number of hydrogen-bond acceptors (Lipinski definition) is 9. The predicted octanol–water partition coefficient (Wildman–Crippen LogP) is 4.38. The van der Waals surface area contributed by atoms with Crippen molar-refractivity contribution < 1.29 is 32.1 Å². The molecule has 4 fully saturated rings. The Hall–Kier alpha value is -3.45. The van der Waals surface area contributed by atoms with Crippen LogP contribution >= 0.6 is 0 Å². The summed E-state index contributed by atoms with van der Waals surface area (Å²) < 4.78 is 66.0. The number of pyridine rings is 1. The molecule has 2 aromatic heterocycles. The number of phenolic OH excluding ortho intramolecular Hbond substituents is 1. The molecule has 0 unspecified atom stereocenters. The lowest BCUT2D eigenvalue weighted by Crippen LogP contribution is -2.51. The Kier molecular flexibility index (Phi) is 6.34. The highest BCUT2D eigenvalue weighted by Gasteiger charge is 2.45. The van der Waals surface area contributed by atoms with Gasteiger partial charge in [0.15, 0.2) is 5.82 Å². The molecule has 218 valence electrons. The second kappa shape index (κ2) is 9.83. The zero-order chi connectivity index (χ0) is 28.4. The third-order valence-electron chi connectivity index (χ3n) is 8.88. The van der Waals surface area contributed by atoms with E-state index in [0.29, 0.717) is 30.9 Å². The van der Waals surface area contributed by atoms with E-state index >= 15 is 4.39 Å². The van der Waals surface area contributed by atoms with E-state index in [2.05, 4.69) is 29.8 Å². The summed E-state index contributed by atoms with van der Waals surface area (Å²) >= 11 is 0. The molecule has 2 bridgehead atoms. The SMILES string of the molecule is Oc1ccc(OC(F)(F)F)c(-c2ncc3c(N4C[C@H]5CC[C@@H](C4)N5)nc(OCC45CCCN4CCC5)nc3c2F)c1. The highest BCUT2D eigenvalue weighted by atomic mass is 19.4. The number of ether oxygens (including phenoxy) is 2. The van der Waals surface area contributed by atoms with Gasteiger partial charge in [0, 0.05) is 36.9 Å². The normalized spacial score (nSPS) is 23.8. The smallest absolute Gasteiger partial charge is 0.508 e. The Morgan fingerprint density at radius 3 is 2.51 bits per heavy atom. The maximum absolute atomic E-state index is 16.3. The van der Waals surface area contributed by atoms with Crippen molar-refractivity contribution in [2.24, 2.45) is 0 Å². The molecule has 13 heteroatoms. The fourth-order valence-corrected chi connectivity index (χ4v) is 7.06. The summed E-state index contributed by atoms with van der Waals surface area (Å²) in [4.78, 5) is 17.9. The molecule has 4 aliphatic heterocycles. The Bertz CT molecular complexity index is 1470. The third kappa shape index (κ3) is 4.88. The molecule has 9 nitrogen and oxygen atoms in total. The summed E-state index contributed by atoms with van der Waals surface area (Å²) in [6.07, 6.45) is 2.61. The van der Waals surface area contributed by atoms with E-state index in [-0.39, 0.29) is 40.5 Å². The first kappa shape index (κ1) is 26.4. The molecule has 0 aliphatic carbocycles. The maximum Gasteiger partial charge on any atom is 0.573 e. The number of alkyl halides is 3. The van der Waals surface area contributed by atoms with Crippen LogP contribution in [-0.2, 0) is 0 Å². The maximum atomic E-state index is 16.3. The van der Waals surface area contributed by atoms with E-state index in [9.17, 15) is 18.3 Å². The van der Waals surface area contributed by atoms with Crippen molar-refractivity contribution in [3.8, 4) is 28.8 Å². The molecule has 7 rings (SSSR count). The Labute approximate surface area is 233 Å². The number of aromatic nitrogens is 3. The molecule has 1 aromatic carbocycles. The lowest BCUT2D eigenvalue weighted by atomic mass is 9.95. The molecule has 0 spiro atoms. The molecule has 0 radical (unpaired) electrons. The molecular formula is C28H30F4N6O3. The molecule has 2 atom stereocenters. The van der Waals surface area contributed by atoms with Crippen molar-refractivity contribution in [3.63, 3.8) is 0 Å². The molecule has 6 heterocycles. The first-order valence-corrected chi connectivity index (χ1v) is 14.0. The first-order chi connectivity index (χ1) is 19.7. The number of fused-ring (bicyclic) bond motifs is 4. The van der Waals surface area contributed by atoms with Gasteiger partial charge in [-0.25, -0.2) is 4.39 Å². The van der Waals surface area contributed by atoms with Gasteiger partial charge in [0.1, 0.15) is 35.1 Å². The highest BCUT2D eigenvalue weighted by molar-refractivity contribution is 5.92. The van der Waals surface area contributed by atoms with Gasteiger partial charge >= 0.3 is 12.4 Å². The van der Waals surface area contributed by atoms with Gasteiger partial charge in [-0.2, -0.15) is 9.97 Å². The number of rotatable bonds is 6. The number of piperazine rings is 1. The molecule has 3 aromatic rings. The monoisotopic (exact) mass is 574 g/mol. The van der Waals surface area contributed by atoms with Gasteiger partial charge in [0.2, 0.25) is 0 Å². The second-order valence-corrected chi connectivity index (χ2v) is 11.5. The Balaban J connectivity index is 1.32. The van der Waals surface area contributed by atoms with Gasteiger partial charge in [-0.05, 0) is 69.8 Å². The highest BCUT2D eigenvalue weighted by Crippen LogP contribution is 2.41. The number of nitrogens with zero attached hydrogens (tertiary/aromatic N) is 5. The second-order valence-electron chi connectivity index (χ2n) is 11.5. The van der Waals surface area contributed by atoms with Crippen LogP contribution < -0.4 is 19.7 Å². The minimum Gasteiger partial charge on any atom is -0.508 e. The van der Waals surface area contributed by atoms with Gasteiger partial charge in [-0.15, -0.1) is 13.2 Å². The fourth-order valence-electron chi connectivity index (χ4n) is 7.06. The molecule has 0 saturated carbocycles. The number of benzene rings is 1. The van der Waals surface area contributed by atoms with Crippen LogP contribution in [0.5, 0.6) is 17.5 Å². The molecule has 4 saturated heterocycles. The quantitative estimate of drug-likeness (QED) is 0.416. The van der Waals surface area contributed by atoms with Crippen LogP contribution in [0.15, 0.2) is 24.4 Å². The van der Waals surface area contributed by atoms with Gasteiger partial charge in [-0.1, -0.05) is 0 Å². The summed E-state index contributed by atoms with van der Waals surface area (Å²) in [5.41, 5.74) is -0.981. The Morgan fingerprint density at radius 1 is 1.07 bits per heavy atom.